The number of anilines is 3. The lowest BCUT2D eigenvalue weighted by molar-refractivity contribution is 1.28. The van der Waals surface area contributed by atoms with Gasteiger partial charge in [0.05, 0.1) is 0 Å². The van der Waals surface area contributed by atoms with Crippen LogP contribution in [0, 0.1) is 0 Å². The summed E-state index contributed by atoms with van der Waals surface area (Å²) in [6, 6.07) is 78.0. The summed E-state index contributed by atoms with van der Waals surface area (Å²) in [5, 5.41) is 10.4. The van der Waals surface area contributed by atoms with Crippen molar-refractivity contribution in [3.63, 3.8) is 0 Å². The molecule has 0 aliphatic rings. The maximum absolute atomic E-state index is 2.40. The fourth-order valence-electron chi connectivity index (χ4n) is 9.16. The van der Waals surface area contributed by atoms with Gasteiger partial charge in [0.2, 0.25) is 0 Å². The molecule has 0 radical (unpaired) electrons. The average Bonchev–Trinajstić information content (AvgIpc) is 3.88. The first-order valence-electron chi connectivity index (χ1n) is 20.1. The van der Waals surface area contributed by atoms with Crippen molar-refractivity contribution in [3.05, 3.63) is 212 Å². The fourth-order valence-corrected chi connectivity index (χ4v) is 11.4. The highest BCUT2D eigenvalue weighted by Gasteiger charge is 2.19. The molecule has 0 amide bonds. The van der Waals surface area contributed by atoms with Gasteiger partial charge in [-0.3, -0.25) is 0 Å². The number of rotatable bonds is 6. The van der Waals surface area contributed by atoms with Gasteiger partial charge in [-0.1, -0.05) is 152 Å². The van der Waals surface area contributed by atoms with Crippen molar-refractivity contribution in [2.24, 2.45) is 0 Å². The summed E-state index contributed by atoms with van der Waals surface area (Å²) in [7, 11) is 0. The lowest BCUT2D eigenvalue weighted by atomic mass is 9.96. The van der Waals surface area contributed by atoms with Gasteiger partial charge in [0, 0.05) is 57.4 Å². The Morgan fingerprint density at radius 2 is 0.746 bits per heavy atom. The van der Waals surface area contributed by atoms with Crippen LogP contribution in [0.25, 0.3) is 95.3 Å². The van der Waals surface area contributed by atoms with Gasteiger partial charge in [-0.15, -0.1) is 22.7 Å². The summed E-state index contributed by atoms with van der Waals surface area (Å²) in [4.78, 5) is 2.40. The van der Waals surface area contributed by atoms with Gasteiger partial charge in [0.25, 0.3) is 0 Å². The van der Waals surface area contributed by atoms with Gasteiger partial charge in [0.15, 0.2) is 0 Å². The Hall–Kier alpha value is -7.04. The van der Waals surface area contributed by atoms with Crippen molar-refractivity contribution in [1.82, 2.24) is 0 Å². The van der Waals surface area contributed by atoms with Crippen molar-refractivity contribution in [2.45, 2.75) is 0 Å². The Balaban J connectivity index is 1.02. The molecule has 12 aromatic rings. The number of hydrogen-bond donors (Lipinski definition) is 0. The molecule has 2 aromatic heterocycles. The molecule has 0 aliphatic heterocycles. The number of benzene rings is 10. The first-order chi connectivity index (χ1) is 29.2. The molecular formula is C56H35NS2. The number of hydrogen-bond acceptors (Lipinski definition) is 3. The minimum absolute atomic E-state index is 1.11. The Labute approximate surface area is 350 Å². The van der Waals surface area contributed by atoms with E-state index < -0.39 is 0 Å². The molecule has 0 N–H and O–H groups in total. The third kappa shape index (κ3) is 5.66. The smallest absolute Gasteiger partial charge is 0.0467 e. The van der Waals surface area contributed by atoms with Gasteiger partial charge in [0.1, 0.15) is 0 Å². The molecule has 0 unspecified atom stereocenters. The molecule has 0 fully saturated rings. The molecule has 1 nitrogen and oxygen atoms in total. The normalized spacial score (nSPS) is 11.7. The minimum Gasteiger partial charge on any atom is -0.310 e. The van der Waals surface area contributed by atoms with Crippen LogP contribution in [0.3, 0.4) is 0 Å². The van der Waals surface area contributed by atoms with Crippen LogP contribution in [0.15, 0.2) is 212 Å². The second-order valence-corrected chi connectivity index (χ2v) is 17.4. The van der Waals surface area contributed by atoms with Crippen molar-refractivity contribution in [3.8, 4) is 33.4 Å². The fraction of sp³-hybridized carbons (Fsp3) is 0. The van der Waals surface area contributed by atoms with E-state index in [-0.39, 0.29) is 0 Å². The lowest BCUT2D eigenvalue weighted by Gasteiger charge is -2.26. The monoisotopic (exact) mass is 785 g/mol. The predicted molar refractivity (Wildman–Crippen MR) is 258 cm³/mol. The number of nitrogens with zero attached hydrogens (tertiary/aromatic N) is 1. The predicted octanol–water partition coefficient (Wildman–Crippen LogP) is 17.2. The Morgan fingerprint density at radius 1 is 0.271 bits per heavy atom. The van der Waals surface area contributed by atoms with E-state index in [0.717, 1.165) is 17.1 Å². The van der Waals surface area contributed by atoms with Crippen LogP contribution in [0.4, 0.5) is 17.1 Å². The van der Waals surface area contributed by atoms with Crippen molar-refractivity contribution in [1.29, 1.82) is 0 Å². The molecule has 0 saturated heterocycles. The molecule has 0 atom stereocenters. The second-order valence-electron chi connectivity index (χ2n) is 15.2. The van der Waals surface area contributed by atoms with Crippen molar-refractivity contribution >= 4 is 102 Å². The summed E-state index contributed by atoms with van der Waals surface area (Å²) in [6.45, 7) is 0. The molecular weight excluding hydrogens is 751 g/mol. The molecule has 3 heteroatoms. The van der Waals surface area contributed by atoms with E-state index in [1.165, 1.54) is 95.3 Å². The van der Waals surface area contributed by atoms with E-state index in [4.69, 9.17) is 0 Å². The maximum atomic E-state index is 2.40. The van der Waals surface area contributed by atoms with Crippen LogP contribution in [0.1, 0.15) is 0 Å². The van der Waals surface area contributed by atoms with Gasteiger partial charge in [-0.2, -0.15) is 0 Å². The van der Waals surface area contributed by atoms with Gasteiger partial charge >= 0.3 is 0 Å². The van der Waals surface area contributed by atoms with Crippen LogP contribution < -0.4 is 4.90 Å². The first kappa shape index (κ1) is 34.0. The largest absolute Gasteiger partial charge is 0.310 e. The van der Waals surface area contributed by atoms with Crippen molar-refractivity contribution < 1.29 is 0 Å². The summed E-state index contributed by atoms with van der Waals surface area (Å²) in [5.74, 6) is 0. The zero-order chi connectivity index (χ0) is 38.9. The quantitative estimate of drug-likeness (QED) is 0.162. The van der Waals surface area contributed by atoms with Crippen LogP contribution in [-0.4, -0.2) is 0 Å². The highest BCUT2D eigenvalue weighted by Crippen LogP contribution is 2.48. The molecule has 0 bridgehead atoms. The molecule has 2 heterocycles. The molecule has 12 rings (SSSR count). The second kappa shape index (κ2) is 13.8. The highest BCUT2D eigenvalue weighted by atomic mass is 32.1. The van der Waals surface area contributed by atoms with Crippen LogP contribution in [0.5, 0.6) is 0 Å². The van der Waals surface area contributed by atoms with Crippen LogP contribution in [0.2, 0.25) is 0 Å². The van der Waals surface area contributed by atoms with E-state index in [1.54, 1.807) is 0 Å². The Morgan fingerprint density at radius 3 is 1.41 bits per heavy atom. The van der Waals surface area contributed by atoms with Gasteiger partial charge in [-0.25, -0.2) is 0 Å². The number of thiophene rings is 2. The topological polar surface area (TPSA) is 3.24 Å². The van der Waals surface area contributed by atoms with E-state index in [2.05, 4.69) is 217 Å². The molecule has 10 aromatic carbocycles. The average molecular weight is 786 g/mol. The van der Waals surface area contributed by atoms with Crippen LogP contribution >= 0.6 is 22.7 Å². The third-order valence-corrected chi connectivity index (χ3v) is 14.1. The summed E-state index contributed by atoms with van der Waals surface area (Å²) in [5.41, 5.74) is 10.7. The lowest BCUT2D eigenvalue weighted by Crippen LogP contribution is -2.10. The molecule has 0 aliphatic carbocycles. The molecule has 59 heavy (non-hydrogen) atoms. The summed E-state index contributed by atoms with van der Waals surface area (Å²) in [6.07, 6.45) is 0. The highest BCUT2D eigenvalue weighted by molar-refractivity contribution is 7.28. The van der Waals surface area contributed by atoms with Crippen molar-refractivity contribution in [2.75, 3.05) is 4.90 Å². The molecule has 0 saturated carbocycles. The Kier molecular flexibility index (Phi) is 7.97. The van der Waals surface area contributed by atoms with E-state index >= 15 is 0 Å². The molecule has 276 valence electrons. The van der Waals surface area contributed by atoms with Gasteiger partial charge in [-0.05, 0) is 116 Å². The van der Waals surface area contributed by atoms with E-state index in [0.29, 0.717) is 0 Å². The zero-order valence-corrected chi connectivity index (χ0v) is 33.6. The summed E-state index contributed by atoms with van der Waals surface area (Å²) >= 11 is 3.79. The summed E-state index contributed by atoms with van der Waals surface area (Å²) < 4.78 is 5.32. The maximum Gasteiger partial charge on any atom is 0.0467 e. The first-order valence-corrected chi connectivity index (χ1v) is 21.7. The molecule has 0 spiro atoms. The van der Waals surface area contributed by atoms with Gasteiger partial charge < -0.3 is 4.90 Å². The SMILES string of the molecule is c1cc(-c2cccc3sc4ccc5sc6ccccc6c5c4c23)cc(N(c2ccc(-c3cccc4ccccc34)cc2)c2ccc(-c3cccc4ccccc34)cc2)c1. The Bertz CT molecular complexity index is 3420. The van der Waals surface area contributed by atoms with E-state index in [1.807, 2.05) is 22.7 Å². The number of fused-ring (bicyclic) bond motifs is 9. The standard InChI is InChI=1S/C56H35NS2/c1-3-17-44-36(11-1)13-8-20-46(44)38-25-29-41(30-26-38)57(42-31-27-39(28-32-42)47-21-9-14-37-12-2-4-18-45(37)47)43-16-7-15-40(35-43)48-22-10-24-51-54(48)56-53(59-51)34-33-52-55(56)49-19-5-6-23-50(49)58-52/h1-35H. The third-order valence-electron chi connectivity index (χ3n) is 11.9. The van der Waals surface area contributed by atoms with E-state index in [9.17, 15) is 0 Å². The minimum atomic E-state index is 1.11. The zero-order valence-electron chi connectivity index (χ0n) is 32.0. The van der Waals surface area contributed by atoms with Crippen LogP contribution in [-0.2, 0) is 0 Å².